The Kier molecular flexibility index (Phi) is 4.85. The van der Waals surface area contributed by atoms with Gasteiger partial charge >= 0.3 is 0 Å². The van der Waals surface area contributed by atoms with Crippen LogP contribution >= 0.6 is 0 Å². The van der Waals surface area contributed by atoms with E-state index < -0.39 is 6.04 Å². The molecule has 3 N–H and O–H groups in total. The minimum absolute atomic E-state index is 0.253. The first-order valence-electron chi connectivity index (χ1n) is 10.3. The zero-order valence-electron chi connectivity index (χ0n) is 18.2. The van der Waals surface area contributed by atoms with E-state index in [4.69, 9.17) is 4.98 Å². The summed E-state index contributed by atoms with van der Waals surface area (Å²) in [6.07, 6.45) is 4.60. The van der Waals surface area contributed by atoms with Gasteiger partial charge in [0.1, 0.15) is 17.5 Å². The molecule has 11 nitrogen and oxygen atoms in total. The molecular formula is C22H21N9O2. The van der Waals surface area contributed by atoms with Gasteiger partial charge in [-0.15, -0.1) is 0 Å². The van der Waals surface area contributed by atoms with Crippen LogP contribution in [0.4, 0.5) is 11.5 Å². The molecule has 11 heteroatoms. The van der Waals surface area contributed by atoms with E-state index in [9.17, 15) is 9.59 Å². The largest absolute Gasteiger partial charge is 0.358 e. The highest BCUT2D eigenvalue weighted by Gasteiger charge is 2.20. The average molecular weight is 443 g/mol. The van der Waals surface area contributed by atoms with Crippen LogP contribution in [0.15, 0.2) is 58.8 Å². The number of nitrogens with one attached hydrogen (secondary N) is 3. The Morgan fingerprint density at radius 3 is 2.76 bits per heavy atom. The summed E-state index contributed by atoms with van der Waals surface area (Å²) < 4.78 is 2.75. The fourth-order valence-electron chi connectivity index (χ4n) is 3.76. The van der Waals surface area contributed by atoms with Crippen molar-refractivity contribution in [3.8, 4) is 0 Å². The van der Waals surface area contributed by atoms with E-state index in [-0.39, 0.29) is 16.8 Å². The molecule has 0 fully saturated rings. The molecule has 1 unspecified atom stereocenters. The minimum Gasteiger partial charge on any atom is -0.358 e. The molecule has 0 saturated carbocycles. The summed E-state index contributed by atoms with van der Waals surface area (Å²) in [5.74, 6) is 0.904. The Morgan fingerprint density at radius 2 is 1.91 bits per heavy atom. The molecule has 166 valence electrons. The number of fused-ring (bicyclic) bond motifs is 2. The molecular weight excluding hydrogens is 422 g/mol. The lowest BCUT2D eigenvalue weighted by Gasteiger charge is -2.21. The normalized spacial score (nSPS) is 12.2. The number of anilines is 2. The third kappa shape index (κ3) is 3.49. The Morgan fingerprint density at radius 1 is 1.06 bits per heavy atom. The third-order valence-corrected chi connectivity index (χ3v) is 5.45. The number of imidazole rings is 1. The highest BCUT2D eigenvalue weighted by atomic mass is 16.1. The number of hydrogen-bond donors (Lipinski definition) is 3. The second-order valence-corrected chi connectivity index (χ2v) is 7.72. The number of aromatic nitrogens is 7. The van der Waals surface area contributed by atoms with Gasteiger partial charge in [0.15, 0.2) is 17.3 Å². The van der Waals surface area contributed by atoms with Crippen molar-refractivity contribution in [1.29, 1.82) is 0 Å². The first kappa shape index (κ1) is 20.4. The van der Waals surface area contributed by atoms with Gasteiger partial charge in [0.05, 0.1) is 23.3 Å². The molecule has 1 atom stereocenters. The number of aryl methyl sites for hydroxylation is 2. The molecule has 0 saturated heterocycles. The molecule has 5 aromatic rings. The van der Waals surface area contributed by atoms with Crippen molar-refractivity contribution >= 4 is 33.6 Å². The molecule has 0 aliphatic rings. The monoisotopic (exact) mass is 443 g/mol. The van der Waals surface area contributed by atoms with Crippen molar-refractivity contribution in [3.05, 3.63) is 81.3 Å². The van der Waals surface area contributed by atoms with Gasteiger partial charge in [0.2, 0.25) is 0 Å². The van der Waals surface area contributed by atoms with E-state index in [2.05, 4.69) is 30.7 Å². The van der Waals surface area contributed by atoms with Gasteiger partial charge < -0.3 is 14.9 Å². The van der Waals surface area contributed by atoms with Gasteiger partial charge in [-0.1, -0.05) is 12.1 Å². The fourth-order valence-corrected chi connectivity index (χ4v) is 3.76. The van der Waals surface area contributed by atoms with Crippen LogP contribution in [0.3, 0.4) is 0 Å². The molecule has 1 aromatic carbocycles. The van der Waals surface area contributed by atoms with Gasteiger partial charge in [0, 0.05) is 13.2 Å². The van der Waals surface area contributed by atoms with E-state index in [1.807, 2.05) is 26.0 Å². The summed E-state index contributed by atoms with van der Waals surface area (Å²) in [7, 11) is 1.65. The summed E-state index contributed by atoms with van der Waals surface area (Å²) in [6, 6.07) is 8.39. The second-order valence-electron chi connectivity index (χ2n) is 7.72. The number of hydrogen-bond acceptors (Lipinski definition) is 8. The maximum atomic E-state index is 13.6. The zero-order valence-corrected chi connectivity index (χ0v) is 18.2. The van der Waals surface area contributed by atoms with E-state index in [0.717, 1.165) is 5.56 Å². The van der Waals surface area contributed by atoms with Crippen LogP contribution in [0.25, 0.3) is 22.1 Å². The SMILES string of the molecule is Cc1cccc2nc(C(C)Nc3ncnc4nc[nH]c34)n(Nc3cccn(C)c3=O)c(=O)c12. The molecule has 0 bridgehead atoms. The van der Waals surface area contributed by atoms with Gasteiger partial charge in [-0.3, -0.25) is 15.0 Å². The number of aromatic amines is 1. The van der Waals surface area contributed by atoms with Crippen LogP contribution in [0.2, 0.25) is 0 Å². The molecule has 0 aliphatic heterocycles. The average Bonchev–Trinajstić information content (AvgIpc) is 3.28. The number of nitrogens with zero attached hydrogens (tertiary/aromatic N) is 6. The van der Waals surface area contributed by atoms with Crippen LogP contribution in [0, 0.1) is 6.92 Å². The molecule has 4 heterocycles. The first-order chi connectivity index (χ1) is 15.9. The first-order valence-corrected chi connectivity index (χ1v) is 10.3. The lowest BCUT2D eigenvalue weighted by Crippen LogP contribution is -2.35. The quantitative estimate of drug-likeness (QED) is 0.376. The van der Waals surface area contributed by atoms with Crippen LogP contribution in [0.1, 0.15) is 24.4 Å². The summed E-state index contributed by atoms with van der Waals surface area (Å²) in [5, 5.41) is 3.76. The van der Waals surface area contributed by atoms with Crippen molar-refractivity contribution in [1.82, 2.24) is 34.2 Å². The Balaban J connectivity index is 1.67. The predicted octanol–water partition coefficient (Wildman–Crippen LogP) is 2.12. The highest BCUT2D eigenvalue weighted by Crippen LogP contribution is 2.22. The van der Waals surface area contributed by atoms with Gasteiger partial charge in [-0.25, -0.2) is 24.6 Å². The summed E-state index contributed by atoms with van der Waals surface area (Å²) in [6.45, 7) is 3.71. The number of H-pyrrole nitrogens is 1. The van der Waals surface area contributed by atoms with Crippen LogP contribution < -0.4 is 21.9 Å². The van der Waals surface area contributed by atoms with Crippen LogP contribution in [-0.2, 0) is 7.05 Å². The van der Waals surface area contributed by atoms with E-state index in [1.54, 1.807) is 31.4 Å². The standard InChI is InChI=1S/C22H21N9O2/c1-12-6-4-7-14-16(12)22(33)31(29-15-8-5-9-30(3)21(15)32)20(28-14)13(2)27-19-17-18(24-10-23-17)25-11-26-19/h4-11,13,29H,1-3H3,(H2,23,24,25,26,27). The van der Waals surface area contributed by atoms with Crippen molar-refractivity contribution in [3.63, 3.8) is 0 Å². The lowest BCUT2D eigenvalue weighted by atomic mass is 10.1. The number of rotatable bonds is 5. The summed E-state index contributed by atoms with van der Waals surface area (Å²) in [4.78, 5) is 46.6. The molecule has 0 radical (unpaired) electrons. The third-order valence-electron chi connectivity index (χ3n) is 5.45. The topological polar surface area (TPSA) is 135 Å². The molecule has 0 aliphatic carbocycles. The molecule has 4 aromatic heterocycles. The fraction of sp³-hybridized carbons (Fsp3) is 0.182. The van der Waals surface area contributed by atoms with E-state index >= 15 is 0 Å². The van der Waals surface area contributed by atoms with Gasteiger partial charge in [0.25, 0.3) is 11.1 Å². The van der Waals surface area contributed by atoms with Crippen LogP contribution in [0.5, 0.6) is 0 Å². The summed E-state index contributed by atoms with van der Waals surface area (Å²) >= 11 is 0. The maximum absolute atomic E-state index is 13.6. The Labute approximate surface area is 187 Å². The lowest BCUT2D eigenvalue weighted by molar-refractivity contribution is 0.698. The van der Waals surface area contributed by atoms with Crippen LogP contribution in [-0.4, -0.2) is 34.2 Å². The van der Waals surface area contributed by atoms with Gasteiger partial charge in [-0.05, 0) is 37.6 Å². The smallest absolute Gasteiger partial charge is 0.280 e. The van der Waals surface area contributed by atoms with E-state index in [0.29, 0.717) is 33.7 Å². The molecule has 0 amide bonds. The predicted molar refractivity (Wildman–Crippen MR) is 125 cm³/mol. The summed E-state index contributed by atoms with van der Waals surface area (Å²) in [5.41, 5.74) is 5.18. The Hall–Kier alpha value is -4.54. The number of pyridine rings is 1. The van der Waals surface area contributed by atoms with Gasteiger partial charge in [-0.2, -0.15) is 0 Å². The Bertz CT molecular complexity index is 1620. The minimum atomic E-state index is -0.468. The molecule has 5 rings (SSSR count). The molecule has 33 heavy (non-hydrogen) atoms. The highest BCUT2D eigenvalue weighted by molar-refractivity contribution is 5.83. The van der Waals surface area contributed by atoms with Crippen molar-refractivity contribution in [2.45, 2.75) is 19.9 Å². The second kappa shape index (κ2) is 7.86. The zero-order chi connectivity index (χ0) is 23.1. The van der Waals surface area contributed by atoms with Crippen molar-refractivity contribution in [2.75, 3.05) is 10.7 Å². The maximum Gasteiger partial charge on any atom is 0.280 e. The molecule has 0 spiro atoms. The van der Waals surface area contributed by atoms with Crippen molar-refractivity contribution < 1.29 is 0 Å². The van der Waals surface area contributed by atoms with Crippen molar-refractivity contribution in [2.24, 2.45) is 7.05 Å². The number of benzene rings is 1. The van der Waals surface area contributed by atoms with E-state index in [1.165, 1.54) is 21.9 Å².